The zero-order chi connectivity index (χ0) is 17.8. The molecule has 132 valence electrons. The number of β-amino-alcohol motifs (C(OH)–C–C–N with tert-alkyl or cyclic N) is 1. The third kappa shape index (κ3) is 3.82. The summed E-state index contributed by atoms with van der Waals surface area (Å²) in [5.74, 6) is 5.71. The summed E-state index contributed by atoms with van der Waals surface area (Å²) in [5, 5.41) is 30.0. The Kier molecular flexibility index (Phi) is 5.34. The van der Waals surface area contributed by atoms with E-state index >= 15 is 0 Å². The molecule has 2 heterocycles. The average molecular weight is 342 g/mol. The van der Waals surface area contributed by atoms with Gasteiger partial charge in [0.05, 0.1) is 36.0 Å². The molecule has 3 rings (SSSR count). The van der Waals surface area contributed by atoms with Gasteiger partial charge in [-0.15, -0.1) is 0 Å². The van der Waals surface area contributed by atoms with E-state index < -0.39 is 18.2 Å². The second kappa shape index (κ2) is 7.66. The monoisotopic (exact) mass is 342 g/mol. The predicted octanol–water partition coefficient (Wildman–Crippen LogP) is -0.392. The topological polar surface area (TPSA) is 99.4 Å². The summed E-state index contributed by atoms with van der Waals surface area (Å²) in [5.41, 5.74) is 1.75. The van der Waals surface area contributed by atoms with Crippen LogP contribution in [-0.4, -0.2) is 57.2 Å². The van der Waals surface area contributed by atoms with Crippen LogP contribution in [0.15, 0.2) is 24.4 Å². The Hall–Kier alpha value is -2.40. The van der Waals surface area contributed by atoms with E-state index in [1.54, 1.807) is 6.20 Å². The van der Waals surface area contributed by atoms with E-state index in [0.29, 0.717) is 13.0 Å². The number of para-hydroxylation sites is 1. The number of nitrogens with zero attached hydrogens (tertiary/aromatic N) is 2. The van der Waals surface area contributed by atoms with E-state index in [2.05, 4.69) is 27.6 Å². The molecule has 2 unspecified atom stereocenters. The van der Waals surface area contributed by atoms with Gasteiger partial charge >= 0.3 is 0 Å². The first-order valence-electron chi connectivity index (χ1n) is 8.41. The molecule has 7 heteroatoms. The predicted molar refractivity (Wildman–Crippen MR) is 93.7 cm³/mol. The van der Waals surface area contributed by atoms with Crippen molar-refractivity contribution in [2.45, 2.75) is 38.1 Å². The maximum Gasteiger partial charge on any atom is 0.238 e. The number of aliphatic hydroxyl groups excluding tert-OH is 2. The number of carbonyl (C=O) groups excluding carboxylic acids is 1. The molecular formula is C18H22N4O3. The van der Waals surface area contributed by atoms with Crippen molar-refractivity contribution in [3.8, 4) is 11.8 Å². The zero-order valence-corrected chi connectivity index (χ0v) is 14.1. The van der Waals surface area contributed by atoms with Gasteiger partial charge in [-0.1, -0.05) is 24.0 Å². The molecule has 1 saturated heterocycles. The molecule has 0 bridgehead atoms. The maximum atomic E-state index is 12.2. The minimum atomic E-state index is -0.666. The molecule has 2 aromatic rings. The molecule has 3 atom stereocenters. The molecule has 1 fully saturated rings. The molecule has 7 nitrogen and oxygen atoms in total. The molecule has 0 radical (unpaired) electrons. The van der Waals surface area contributed by atoms with Gasteiger partial charge in [0.2, 0.25) is 5.91 Å². The van der Waals surface area contributed by atoms with E-state index in [0.717, 1.165) is 23.0 Å². The lowest BCUT2D eigenvalue weighted by Crippen LogP contribution is -2.46. The second-order valence-electron chi connectivity index (χ2n) is 6.07. The Morgan fingerprint density at radius 1 is 1.56 bits per heavy atom. The van der Waals surface area contributed by atoms with Crippen LogP contribution in [0.1, 0.15) is 18.9 Å². The van der Waals surface area contributed by atoms with Crippen molar-refractivity contribution in [2.24, 2.45) is 0 Å². The van der Waals surface area contributed by atoms with Gasteiger partial charge in [-0.2, -0.15) is 5.10 Å². The van der Waals surface area contributed by atoms with E-state index in [1.807, 2.05) is 29.8 Å². The van der Waals surface area contributed by atoms with Crippen molar-refractivity contribution >= 4 is 16.8 Å². The van der Waals surface area contributed by atoms with Crippen molar-refractivity contribution in [3.63, 3.8) is 0 Å². The van der Waals surface area contributed by atoms with E-state index in [-0.39, 0.29) is 12.5 Å². The van der Waals surface area contributed by atoms with Crippen LogP contribution >= 0.6 is 0 Å². The lowest BCUT2D eigenvalue weighted by Gasteiger charge is -2.14. The highest BCUT2D eigenvalue weighted by atomic mass is 16.3. The standard InChI is InChI=1S/C18H22N4O3/c1-2-22-17-12(4-3-5-13(17)9-20-22)6-7-14(11-23)21-18(25)16-8-15(24)10-19-16/h3-5,9,14-16,19,23-24H,2,8,10-11H2,1H3,(H,21,25)/t14-,15?,16?/m1/s1. The van der Waals surface area contributed by atoms with Crippen LogP contribution in [0, 0.1) is 11.8 Å². The van der Waals surface area contributed by atoms with Gasteiger partial charge in [0.15, 0.2) is 0 Å². The number of hydrogen-bond acceptors (Lipinski definition) is 5. The number of aryl methyl sites for hydroxylation is 1. The molecule has 25 heavy (non-hydrogen) atoms. The second-order valence-corrected chi connectivity index (χ2v) is 6.07. The molecule has 0 saturated carbocycles. The normalized spacial score (nSPS) is 20.9. The van der Waals surface area contributed by atoms with Crippen LogP contribution in [0.2, 0.25) is 0 Å². The molecule has 1 aromatic heterocycles. The van der Waals surface area contributed by atoms with Crippen molar-refractivity contribution in [3.05, 3.63) is 30.0 Å². The molecule has 0 aliphatic carbocycles. The van der Waals surface area contributed by atoms with Gasteiger partial charge in [-0.3, -0.25) is 9.48 Å². The van der Waals surface area contributed by atoms with Crippen LogP contribution in [-0.2, 0) is 11.3 Å². The van der Waals surface area contributed by atoms with Crippen LogP contribution in [0.4, 0.5) is 0 Å². The van der Waals surface area contributed by atoms with Crippen LogP contribution in [0.5, 0.6) is 0 Å². The number of fused-ring (bicyclic) bond motifs is 1. The maximum absolute atomic E-state index is 12.2. The van der Waals surface area contributed by atoms with Crippen molar-refractivity contribution in [1.29, 1.82) is 0 Å². The minimum Gasteiger partial charge on any atom is -0.393 e. The Balaban J connectivity index is 1.77. The lowest BCUT2D eigenvalue weighted by atomic mass is 10.1. The number of amides is 1. The van der Waals surface area contributed by atoms with Gasteiger partial charge in [0, 0.05) is 18.5 Å². The van der Waals surface area contributed by atoms with E-state index in [9.17, 15) is 15.0 Å². The zero-order valence-electron chi connectivity index (χ0n) is 14.1. The van der Waals surface area contributed by atoms with E-state index in [1.165, 1.54) is 0 Å². The van der Waals surface area contributed by atoms with Gasteiger partial charge in [-0.05, 0) is 19.4 Å². The Labute approximate surface area is 146 Å². The van der Waals surface area contributed by atoms with Gasteiger partial charge in [0.25, 0.3) is 0 Å². The number of nitrogens with one attached hydrogen (secondary N) is 2. The molecule has 1 aliphatic rings. The first-order valence-corrected chi connectivity index (χ1v) is 8.41. The summed E-state index contributed by atoms with van der Waals surface area (Å²) in [6.07, 6.45) is 1.65. The first kappa shape index (κ1) is 17.4. The third-order valence-corrected chi connectivity index (χ3v) is 4.27. The highest BCUT2D eigenvalue weighted by Crippen LogP contribution is 2.17. The summed E-state index contributed by atoms with van der Waals surface area (Å²) in [6.45, 7) is 2.86. The van der Waals surface area contributed by atoms with Gasteiger partial charge in [-0.25, -0.2) is 0 Å². The van der Waals surface area contributed by atoms with E-state index in [4.69, 9.17) is 0 Å². The lowest BCUT2D eigenvalue weighted by molar-refractivity contribution is -0.123. The molecule has 1 aromatic carbocycles. The fourth-order valence-electron chi connectivity index (χ4n) is 2.97. The first-order chi connectivity index (χ1) is 12.1. The molecular weight excluding hydrogens is 320 g/mol. The quantitative estimate of drug-likeness (QED) is 0.567. The van der Waals surface area contributed by atoms with Crippen LogP contribution < -0.4 is 10.6 Å². The fourth-order valence-corrected chi connectivity index (χ4v) is 2.97. The number of carbonyl (C=O) groups is 1. The van der Waals surface area contributed by atoms with Gasteiger partial charge < -0.3 is 20.8 Å². The molecule has 0 spiro atoms. The minimum absolute atomic E-state index is 0.262. The highest BCUT2D eigenvalue weighted by Gasteiger charge is 2.28. The Morgan fingerprint density at radius 3 is 3.08 bits per heavy atom. The SMILES string of the molecule is CCn1ncc2cccc(C#C[C@H](CO)NC(=O)C3CC(O)CN3)c21. The molecule has 4 N–H and O–H groups in total. The van der Waals surface area contributed by atoms with Crippen LogP contribution in [0.3, 0.4) is 0 Å². The fraction of sp³-hybridized carbons (Fsp3) is 0.444. The smallest absolute Gasteiger partial charge is 0.238 e. The van der Waals surface area contributed by atoms with Crippen molar-refractivity contribution in [1.82, 2.24) is 20.4 Å². The summed E-state index contributed by atoms with van der Waals surface area (Å²) < 4.78 is 1.87. The van der Waals surface area contributed by atoms with Crippen molar-refractivity contribution < 1.29 is 15.0 Å². The summed E-state index contributed by atoms with van der Waals surface area (Å²) in [4.78, 5) is 12.2. The number of hydrogen-bond donors (Lipinski definition) is 4. The third-order valence-electron chi connectivity index (χ3n) is 4.27. The Bertz CT molecular complexity index is 821. The molecule has 1 amide bonds. The number of aromatic nitrogens is 2. The molecule has 1 aliphatic heterocycles. The number of rotatable bonds is 4. The number of aliphatic hydroxyl groups is 2. The van der Waals surface area contributed by atoms with Crippen LogP contribution in [0.25, 0.3) is 10.9 Å². The summed E-state index contributed by atoms with van der Waals surface area (Å²) >= 11 is 0. The average Bonchev–Trinajstić information content (AvgIpc) is 3.24. The summed E-state index contributed by atoms with van der Waals surface area (Å²) in [7, 11) is 0. The van der Waals surface area contributed by atoms with Crippen molar-refractivity contribution in [2.75, 3.05) is 13.2 Å². The number of benzene rings is 1. The Morgan fingerprint density at radius 2 is 2.40 bits per heavy atom. The van der Waals surface area contributed by atoms with Gasteiger partial charge in [0.1, 0.15) is 6.04 Å². The largest absolute Gasteiger partial charge is 0.393 e. The summed E-state index contributed by atoms with van der Waals surface area (Å²) in [6, 6.07) is 4.66. The highest BCUT2D eigenvalue weighted by molar-refractivity contribution is 5.85.